The lowest BCUT2D eigenvalue weighted by molar-refractivity contribution is -0.155. The summed E-state index contributed by atoms with van der Waals surface area (Å²) in [5.41, 5.74) is -2.44. The number of hydrogen-bond donors (Lipinski definition) is 3. The zero-order chi connectivity index (χ0) is 14.1. The first-order valence-corrected chi connectivity index (χ1v) is 4.60. The Labute approximate surface area is 98.1 Å². The van der Waals surface area contributed by atoms with Crippen molar-refractivity contribution >= 4 is 5.97 Å². The molecule has 2 unspecified atom stereocenters. The van der Waals surface area contributed by atoms with Crippen LogP contribution in [0.1, 0.15) is 17.2 Å². The maximum atomic E-state index is 12.9. The SMILES string of the molecule is O=C(O)C(O)C(O)c1cc(F)ccc1C(F)(F)F. The highest BCUT2D eigenvalue weighted by Gasteiger charge is 2.38. The Balaban J connectivity index is 3.29. The third kappa shape index (κ3) is 2.96. The average molecular weight is 268 g/mol. The zero-order valence-corrected chi connectivity index (χ0v) is 8.65. The third-order valence-corrected chi connectivity index (χ3v) is 2.19. The number of halogens is 4. The van der Waals surface area contributed by atoms with Crippen LogP contribution in [-0.2, 0) is 11.0 Å². The van der Waals surface area contributed by atoms with Crippen molar-refractivity contribution in [3.63, 3.8) is 0 Å². The summed E-state index contributed by atoms with van der Waals surface area (Å²) < 4.78 is 50.5. The molecule has 1 rings (SSSR count). The molecule has 0 aliphatic carbocycles. The van der Waals surface area contributed by atoms with E-state index in [2.05, 4.69) is 0 Å². The van der Waals surface area contributed by atoms with E-state index in [-0.39, 0.29) is 0 Å². The fourth-order valence-electron chi connectivity index (χ4n) is 1.34. The number of aliphatic hydroxyl groups is 2. The number of benzene rings is 1. The fraction of sp³-hybridized carbons (Fsp3) is 0.300. The summed E-state index contributed by atoms with van der Waals surface area (Å²) in [6.07, 6.45) is -9.76. The van der Waals surface area contributed by atoms with Gasteiger partial charge in [-0.15, -0.1) is 0 Å². The molecule has 0 aromatic heterocycles. The summed E-state index contributed by atoms with van der Waals surface area (Å²) in [7, 11) is 0. The standard InChI is InChI=1S/C10H8F4O4/c11-4-1-2-6(10(12,13)14)5(3-4)7(15)8(16)9(17)18/h1-3,7-8,15-16H,(H,17,18). The normalized spacial score (nSPS) is 15.2. The molecule has 1 aromatic rings. The molecule has 18 heavy (non-hydrogen) atoms. The second kappa shape index (κ2) is 4.91. The second-order valence-electron chi connectivity index (χ2n) is 3.46. The van der Waals surface area contributed by atoms with Crippen LogP contribution in [-0.4, -0.2) is 27.4 Å². The molecule has 8 heteroatoms. The van der Waals surface area contributed by atoms with E-state index in [0.29, 0.717) is 18.2 Å². The number of carboxylic acid groups (broad SMARTS) is 1. The number of aliphatic carboxylic acids is 1. The molecule has 0 aliphatic rings. The first-order valence-electron chi connectivity index (χ1n) is 4.60. The van der Waals surface area contributed by atoms with Gasteiger partial charge >= 0.3 is 12.1 Å². The Bertz CT molecular complexity index is 458. The van der Waals surface area contributed by atoms with Crippen molar-refractivity contribution in [1.82, 2.24) is 0 Å². The molecule has 0 saturated carbocycles. The summed E-state index contributed by atoms with van der Waals surface area (Å²) >= 11 is 0. The molecule has 3 N–H and O–H groups in total. The molecule has 0 spiro atoms. The van der Waals surface area contributed by atoms with Gasteiger partial charge in [-0.3, -0.25) is 0 Å². The number of carboxylic acids is 1. The highest BCUT2D eigenvalue weighted by Crippen LogP contribution is 2.35. The highest BCUT2D eigenvalue weighted by atomic mass is 19.4. The largest absolute Gasteiger partial charge is 0.479 e. The van der Waals surface area contributed by atoms with E-state index in [0.717, 1.165) is 0 Å². The van der Waals surface area contributed by atoms with Gasteiger partial charge in [0.25, 0.3) is 0 Å². The van der Waals surface area contributed by atoms with Crippen LogP contribution in [0.4, 0.5) is 17.6 Å². The maximum absolute atomic E-state index is 12.9. The van der Waals surface area contributed by atoms with Crippen LogP contribution < -0.4 is 0 Å². The van der Waals surface area contributed by atoms with E-state index >= 15 is 0 Å². The molecule has 0 radical (unpaired) electrons. The molecule has 0 heterocycles. The van der Waals surface area contributed by atoms with Crippen molar-refractivity contribution in [2.24, 2.45) is 0 Å². The molecule has 2 atom stereocenters. The second-order valence-corrected chi connectivity index (χ2v) is 3.46. The molecule has 0 fully saturated rings. The zero-order valence-electron chi connectivity index (χ0n) is 8.65. The molecule has 1 aromatic carbocycles. The Morgan fingerprint density at radius 2 is 1.78 bits per heavy atom. The first kappa shape index (κ1) is 14.4. The minimum absolute atomic E-state index is 0.333. The summed E-state index contributed by atoms with van der Waals surface area (Å²) in [6, 6.07) is 1.22. The lowest BCUT2D eigenvalue weighted by Gasteiger charge is -2.19. The number of rotatable bonds is 3. The van der Waals surface area contributed by atoms with Crippen molar-refractivity contribution in [3.05, 3.63) is 35.1 Å². The number of alkyl halides is 3. The van der Waals surface area contributed by atoms with Crippen molar-refractivity contribution < 1.29 is 37.7 Å². The van der Waals surface area contributed by atoms with E-state index in [1.54, 1.807) is 0 Å². The van der Waals surface area contributed by atoms with Crippen LogP contribution in [0, 0.1) is 5.82 Å². The molecule has 0 aliphatic heterocycles. The third-order valence-electron chi connectivity index (χ3n) is 2.19. The minimum Gasteiger partial charge on any atom is -0.479 e. The molecule has 0 bridgehead atoms. The minimum atomic E-state index is -4.90. The van der Waals surface area contributed by atoms with Gasteiger partial charge in [0.15, 0.2) is 6.10 Å². The number of carbonyl (C=O) groups is 1. The van der Waals surface area contributed by atoms with Gasteiger partial charge < -0.3 is 15.3 Å². The molecule has 4 nitrogen and oxygen atoms in total. The van der Waals surface area contributed by atoms with Crippen molar-refractivity contribution in [2.45, 2.75) is 18.4 Å². The van der Waals surface area contributed by atoms with Crippen molar-refractivity contribution in [1.29, 1.82) is 0 Å². The average Bonchev–Trinajstić information content (AvgIpc) is 2.25. The Morgan fingerprint density at radius 3 is 2.22 bits per heavy atom. The van der Waals surface area contributed by atoms with E-state index in [9.17, 15) is 27.5 Å². The van der Waals surface area contributed by atoms with Crippen LogP contribution in [0.5, 0.6) is 0 Å². The topological polar surface area (TPSA) is 77.8 Å². The van der Waals surface area contributed by atoms with E-state index < -0.39 is 41.3 Å². The van der Waals surface area contributed by atoms with Crippen LogP contribution in [0.2, 0.25) is 0 Å². The van der Waals surface area contributed by atoms with Gasteiger partial charge in [0, 0.05) is 0 Å². The van der Waals surface area contributed by atoms with Gasteiger partial charge in [-0.2, -0.15) is 13.2 Å². The van der Waals surface area contributed by atoms with Gasteiger partial charge in [-0.1, -0.05) is 0 Å². The molecule has 100 valence electrons. The summed E-state index contributed by atoms with van der Waals surface area (Å²) in [6.45, 7) is 0. The van der Waals surface area contributed by atoms with Gasteiger partial charge in [0.2, 0.25) is 0 Å². The summed E-state index contributed by atoms with van der Waals surface area (Å²) in [5, 5.41) is 26.7. The predicted octanol–water partition coefficient (Wildman–Crippen LogP) is 1.32. The van der Waals surface area contributed by atoms with E-state index in [1.165, 1.54) is 0 Å². The van der Waals surface area contributed by atoms with Crippen LogP contribution in [0.25, 0.3) is 0 Å². The Hall–Kier alpha value is -1.67. The molecular formula is C10H8F4O4. The number of hydrogen-bond acceptors (Lipinski definition) is 3. The highest BCUT2D eigenvalue weighted by molar-refractivity contribution is 5.73. The lowest BCUT2D eigenvalue weighted by Crippen LogP contribution is -2.29. The van der Waals surface area contributed by atoms with Crippen molar-refractivity contribution in [3.8, 4) is 0 Å². The Kier molecular flexibility index (Phi) is 3.92. The Morgan fingerprint density at radius 1 is 1.22 bits per heavy atom. The maximum Gasteiger partial charge on any atom is 0.416 e. The fourth-order valence-corrected chi connectivity index (χ4v) is 1.34. The monoisotopic (exact) mass is 268 g/mol. The van der Waals surface area contributed by atoms with Crippen LogP contribution in [0.3, 0.4) is 0 Å². The van der Waals surface area contributed by atoms with Crippen LogP contribution >= 0.6 is 0 Å². The van der Waals surface area contributed by atoms with Gasteiger partial charge in [-0.25, -0.2) is 9.18 Å². The van der Waals surface area contributed by atoms with E-state index in [1.807, 2.05) is 0 Å². The lowest BCUT2D eigenvalue weighted by atomic mass is 9.98. The summed E-state index contributed by atoms with van der Waals surface area (Å²) in [4.78, 5) is 10.4. The summed E-state index contributed by atoms with van der Waals surface area (Å²) in [5.74, 6) is -3.01. The number of aliphatic hydroxyl groups excluding tert-OH is 2. The molecule has 0 amide bonds. The van der Waals surface area contributed by atoms with E-state index in [4.69, 9.17) is 10.2 Å². The van der Waals surface area contributed by atoms with Gasteiger partial charge in [0.1, 0.15) is 11.9 Å². The molecule has 0 saturated heterocycles. The van der Waals surface area contributed by atoms with Gasteiger partial charge in [-0.05, 0) is 23.8 Å². The van der Waals surface area contributed by atoms with Crippen molar-refractivity contribution in [2.75, 3.05) is 0 Å². The van der Waals surface area contributed by atoms with Gasteiger partial charge in [0.05, 0.1) is 5.56 Å². The quantitative estimate of drug-likeness (QED) is 0.722. The first-order chi connectivity index (χ1) is 8.14. The smallest absolute Gasteiger partial charge is 0.416 e. The van der Waals surface area contributed by atoms with Crippen LogP contribution in [0.15, 0.2) is 18.2 Å². The molecular weight excluding hydrogens is 260 g/mol. The predicted molar refractivity (Wildman–Crippen MR) is 50.0 cm³/mol.